The van der Waals surface area contributed by atoms with E-state index in [2.05, 4.69) is 5.32 Å². The minimum Gasteiger partial charge on any atom is -0.396 e. The van der Waals surface area contributed by atoms with E-state index >= 15 is 0 Å². The molecule has 0 atom stereocenters. The van der Waals surface area contributed by atoms with E-state index in [0.29, 0.717) is 12.0 Å². The molecule has 0 saturated carbocycles. The molecular formula is C8H12N2O2S. The second-order valence-electron chi connectivity index (χ2n) is 2.54. The van der Waals surface area contributed by atoms with E-state index in [-0.39, 0.29) is 6.61 Å². The molecule has 0 fully saturated rings. The third-order valence-electron chi connectivity index (χ3n) is 1.63. The summed E-state index contributed by atoms with van der Waals surface area (Å²) in [6, 6.07) is 1.72. The van der Waals surface area contributed by atoms with Crippen molar-refractivity contribution in [3.05, 3.63) is 16.5 Å². The van der Waals surface area contributed by atoms with Crippen molar-refractivity contribution in [2.75, 3.05) is 19.0 Å². The molecule has 1 amide bonds. The van der Waals surface area contributed by atoms with Crippen molar-refractivity contribution in [3.8, 4) is 0 Å². The maximum absolute atomic E-state index is 10.9. The summed E-state index contributed by atoms with van der Waals surface area (Å²) in [5, 5.41) is 12.4. The van der Waals surface area contributed by atoms with E-state index in [0.717, 1.165) is 9.88 Å². The van der Waals surface area contributed by atoms with E-state index in [1.807, 2.05) is 0 Å². The Kier molecular flexibility index (Phi) is 3.27. The minimum atomic E-state index is -0.440. The molecule has 0 spiro atoms. The van der Waals surface area contributed by atoms with Gasteiger partial charge in [-0.15, -0.1) is 11.3 Å². The number of nitrogens with one attached hydrogen (secondary N) is 1. The highest BCUT2D eigenvalue weighted by molar-refractivity contribution is 7.16. The second kappa shape index (κ2) is 4.25. The first-order valence-electron chi connectivity index (χ1n) is 3.90. The molecule has 72 valence electrons. The number of thiophene rings is 1. The highest BCUT2D eigenvalue weighted by Crippen LogP contribution is 2.27. The van der Waals surface area contributed by atoms with Gasteiger partial charge in [0.2, 0.25) is 0 Å². The number of hydrogen-bond acceptors (Lipinski definition) is 4. The van der Waals surface area contributed by atoms with Gasteiger partial charge >= 0.3 is 0 Å². The van der Waals surface area contributed by atoms with Gasteiger partial charge in [0.05, 0.1) is 5.56 Å². The summed E-state index contributed by atoms with van der Waals surface area (Å²) in [5.41, 5.74) is 5.66. The Labute approximate surface area is 80.4 Å². The van der Waals surface area contributed by atoms with E-state index in [1.165, 1.54) is 11.3 Å². The largest absolute Gasteiger partial charge is 0.396 e. The van der Waals surface area contributed by atoms with Crippen molar-refractivity contribution < 1.29 is 9.90 Å². The lowest BCUT2D eigenvalue weighted by molar-refractivity contribution is 0.100. The van der Waals surface area contributed by atoms with Gasteiger partial charge in [0.15, 0.2) is 0 Å². The Morgan fingerprint density at radius 2 is 2.46 bits per heavy atom. The molecule has 0 aromatic carbocycles. The Hall–Kier alpha value is -1.07. The number of primary amides is 1. The summed E-state index contributed by atoms with van der Waals surface area (Å²) in [6.07, 6.45) is 0.562. The summed E-state index contributed by atoms with van der Waals surface area (Å²) < 4.78 is 0. The Morgan fingerprint density at radius 1 is 1.77 bits per heavy atom. The second-order valence-corrected chi connectivity index (χ2v) is 3.68. The Morgan fingerprint density at radius 3 is 2.85 bits per heavy atom. The van der Waals surface area contributed by atoms with Crippen LogP contribution in [0.3, 0.4) is 0 Å². The minimum absolute atomic E-state index is 0.0852. The maximum atomic E-state index is 10.9. The summed E-state index contributed by atoms with van der Waals surface area (Å²) in [6.45, 7) is 0.0852. The third-order valence-corrected chi connectivity index (χ3v) is 2.85. The number of aliphatic hydroxyl groups is 1. The average Bonchev–Trinajstić information content (AvgIpc) is 2.48. The third kappa shape index (κ3) is 2.19. The monoisotopic (exact) mass is 200 g/mol. The topological polar surface area (TPSA) is 75.3 Å². The van der Waals surface area contributed by atoms with Crippen LogP contribution in [-0.2, 0) is 6.42 Å². The van der Waals surface area contributed by atoms with Crippen LogP contribution in [0.2, 0.25) is 0 Å². The molecule has 1 rings (SSSR count). The number of carbonyl (C=O) groups excluding carboxylic acids is 1. The van der Waals surface area contributed by atoms with Crippen LogP contribution in [0.4, 0.5) is 5.00 Å². The van der Waals surface area contributed by atoms with Crippen molar-refractivity contribution in [2.24, 2.45) is 5.73 Å². The van der Waals surface area contributed by atoms with E-state index in [9.17, 15) is 4.79 Å². The van der Waals surface area contributed by atoms with E-state index < -0.39 is 5.91 Å². The average molecular weight is 200 g/mol. The fourth-order valence-corrected chi connectivity index (χ4v) is 2.05. The van der Waals surface area contributed by atoms with Gasteiger partial charge in [-0.1, -0.05) is 0 Å². The van der Waals surface area contributed by atoms with Gasteiger partial charge in [-0.3, -0.25) is 4.79 Å². The molecule has 0 radical (unpaired) electrons. The van der Waals surface area contributed by atoms with Crippen LogP contribution in [0, 0.1) is 0 Å². The maximum Gasteiger partial charge on any atom is 0.251 e. The lowest BCUT2D eigenvalue weighted by atomic mass is 10.2. The number of aliphatic hydroxyl groups excluding tert-OH is 1. The van der Waals surface area contributed by atoms with Crippen molar-refractivity contribution in [2.45, 2.75) is 6.42 Å². The fraction of sp³-hybridized carbons (Fsp3) is 0.375. The number of carbonyl (C=O) groups is 1. The van der Waals surface area contributed by atoms with Gasteiger partial charge in [-0.2, -0.15) is 0 Å². The molecule has 4 N–H and O–H groups in total. The number of amides is 1. The number of rotatable bonds is 4. The van der Waals surface area contributed by atoms with Gasteiger partial charge < -0.3 is 16.2 Å². The van der Waals surface area contributed by atoms with Crippen molar-refractivity contribution in [3.63, 3.8) is 0 Å². The zero-order valence-electron chi connectivity index (χ0n) is 7.33. The van der Waals surface area contributed by atoms with Crippen LogP contribution >= 0.6 is 11.3 Å². The van der Waals surface area contributed by atoms with Gasteiger partial charge in [-0.05, 0) is 6.07 Å². The van der Waals surface area contributed by atoms with Gasteiger partial charge in [-0.25, -0.2) is 0 Å². The van der Waals surface area contributed by atoms with Crippen LogP contribution in [0.25, 0.3) is 0 Å². The molecule has 1 heterocycles. The van der Waals surface area contributed by atoms with Crippen molar-refractivity contribution >= 4 is 22.2 Å². The Balaban J connectivity index is 2.97. The molecule has 0 bridgehead atoms. The molecule has 1 aromatic heterocycles. The fourth-order valence-electron chi connectivity index (χ4n) is 1.04. The zero-order chi connectivity index (χ0) is 9.84. The molecule has 5 heteroatoms. The van der Waals surface area contributed by atoms with E-state index in [1.54, 1.807) is 13.1 Å². The lowest BCUT2D eigenvalue weighted by Gasteiger charge is -1.95. The van der Waals surface area contributed by atoms with Crippen LogP contribution in [0.1, 0.15) is 15.2 Å². The van der Waals surface area contributed by atoms with Crippen molar-refractivity contribution in [1.29, 1.82) is 0 Å². The van der Waals surface area contributed by atoms with Gasteiger partial charge in [0.1, 0.15) is 5.00 Å². The quantitative estimate of drug-likeness (QED) is 0.659. The molecule has 0 saturated heterocycles. The normalized spacial score (nSPS) is 10.0. The number of nitrogens with two attached hydrogens (primary N) is 1. The summed E-state index contributed by atoms with van der Waals surface area (Å²) >= 11 is 1.44. The molecule has 4 nitrogen and oxygen atoms in total. The first-order valence-corrected chi connectivity index (χ1v) is 4.71. The highest BCUT2D eigenvalue weighted by atomic mass is 32.1. The molecular weight excluding hydrogens is 188 g/mol. The highest BCUT2D eigenvalue weighted by Gasteiger charge is 2.11. The summed E-state index contributed by atoms with van der Waals surface area (Å²) in [5.74, 6) is -0.440. The standard InChI is InChI=1S/C8H12N2O2S/c1-10-8-6(7(9)12)4-5(13-8)2-3-11/h4,10-11H,2-3H2,1H3,(H2,9,12). The molecule has 1 aromatic rings. The van der Waals surface area contributed by atoms with Crippen LogP contribution < -0.4 is 11.1 Å². The molecule has 0 aliphatic carbocycles. The van der Waals surface area contributed by atoms with Crippen LogP contribution in [-0.4, -0.2) is 24.7 Å². The predicted octanol–water partition coefficient (Wildman–Crippen LogP) is 0.424. The predicted molar refractivity (Wildman–Crippen MR) is 53.2 cm³/mol. The number of anilines is 1. The van der Waals surface area contributed by atoms with Crippen LogP contribution in [0.5, 0.6) is 0 Å². The molecule has 13 heavy (non-hydrogen) atoms. The summed E-state index contributed by atoms with van der Waals surface area (Å²) in [4.78, 5) is 11.9. The number of hydrogen-bond donors (Lipinski definition) is 3. The molecule has 0 aliphatic heterocycles. The lowest BCUT2D eigenvalue weighted by Crippen LogP contribution is -2.11. The first kappa shape index (κ1) is 10.0. The van der Waals surface area contributed by atoms with Gasteiger partial charge in [0, 0.05) is 25.0 Å². The molecule has 0 unspecified atom stereocenters. The SMILES string of the molecule is CNc1sc(CCO)cc1C(N)=O. The molecule has 0 aliphatic rings. The Bertz CT molecular complexity index is 309. The first-order chi connectivity index (χ1) is 6.19. The zero-order valence-corrected chi connectivity index (χ0v) is 8.15. The van der Waals surface area contributed by atoms with Crippen LogP contribution in [0.15, 0.2) is 6.07 Å². The van der Waals surface area contributed by atoms with Crippen molar-refractivity contribution in [1.82, 2.24) is 0 Å². The summed E-state index contributed by atoms with van der Waals surface area (Å²) in [7, 11) is 1.74. The van der Waals surface area contributed by atoms with Gasteiger partial charge in [0.25, 0.3) is 5.91 Å². The smallest absolute Gasteiger partial charge is 0.251 e. The van der Waals surface area contributed by atoms with E-state index in [4.69, 9.17) is 10.8 Å².